The number of nitrogens with one attached hydrogen (secondary N) is 1. The highest BCUT2D eigenvalue weighted by molar-refractivity contribution is 9.10. The van der Waals surface area contributed by atoms with Crippen molar-refractivity contribution in [2.45, 2.75) is 18.4 Å². The lowest BCUT2D eigenvalue weighted by molar-refractivity contribution is 0.0311. The van der Waals surface area contributed by atoms with Crippen molar-refractivity contribution in [2.24, 2.45) is 0 Å². The zero-order valence-corrected chi connectivity index (χ0v) is 12.3. The number of aliphatic hydroxyl groups is 1. The average molecular weight is 331 g/mol. The summed E-state index contributed by atoms with van der Waals surface area (Å²) in [4.78, 5) is 16.0. The van der Waals surface area contributed by atoms with Crippen LogP contribution < -0.4 is 5.32 Å². The molecule has 0 unspecified atom stereocenters. The van der Waals surface area contributed by atoms with Crippen LogP contribution in [0.4, 0.5) is 0 Å². The molecule has 1 aliphatic rings. The fourth-order valence-electron chi connectivity index (χ4n) is 1.82. The molecule has 0 spiro atoms. The van der Waals surface area contributed by atoms with E-state index >= 15 is 0 Å². The van der Waals surface area contributed by atoms with Gasteiger partial charge in [0.1, 0.15) is 4.60 Å². The van der Waals surface area contributed by atoms with Gasteiger partial charge in [-0.3, -0.25) is 4.79 Å². The Morgan fingerprint density at radius 3 is 2.94 bits per heavy atom. The SMILES string of the molecule is O=C(NCC1(O)CCSCC1)c1cccnc1Br. The minimum Gasteiger partial charge on any atom is -0.388 e. The molecule has 0 atom stereocenters. The van der Waals surface area contributed by atoms with Crippen molar-refractivity contribution in [3.05, 3.63) is 28.5 Å². The Morgan fingerprint density at radius 1 is 1.56 bits per heavy atom. The topological polar surface area (TPSA) is 62.2 Å². The number of hydrogen-bond donors (Lipinski definition) is 2. The maximum absolute atomic E-state index is 12.0. The summed E-state index contributed by atoms with van der Waals surface area (Å²) >= 11 is 5.08. The number of carbonyl (C=O) groups excluding carboxylic acids is 1. The molecule has 0 aliphatic carbocycles. The maximum atomic E-state index is 12.0. The fourth-order valence-corrected chi connectivity index (χ4v) is 3.51. The molecule has 1 amide bonds. The van der Waals surface area contributed by atoms with Gasteiger partial charge in [0.05, 0.1) is 11.2 Å². The number of nitrogens with zero attached hydrogens (tertiary/aromatic N) is 1. The van der Waals surface area contributed by atoms with Crippen LogP contribution in [0.15, 0.2) is 22.9 Å². The van der Waals surface area contributed by atoms with Crippen molar-refractivity contribution in [3.8, 4) is 0 Å². The summed E-state index contributed by atoms with van der Waals surface area (Å²) in [6, 6.07) is 3.42. The summed E-state index contributed by atoms with van der Waals surface area (Å²) < 4.78 is 0.522. The average Bonchev–Trinajstić information content (AvgIpc) is 2.38. The van der Waals surface area contributed by atoms with Gasteiger partial charge in [-0.25, -0.2) is 4.98 Å². The van der Waals surface area contributed by atoms with E-state index in [1.165, 1.54) is 0 Å². The third-order valence-corrected chi connectivity index (χ3v) is 4.62. The maximum Gasteiger partial charge on any atom is 0.254 e. The third-order valence-electron chi connectivity index (χ3n) is 3.01. The zero-order valence-electron chi connectivity index (χ0n) is 9.86. The van der Waals surface area contributed by atoms with Gasteiger partial charge in [-0.05, 0) is 52.4 Å². The standard InChI is InChI=1S/C12H15BrN2O2S/c13-10-9(2-1-5-14-10)11(16)15-8-12(17)3-6-18-7-4-12/h1-2,5,17H,3-4,6-8H2,(H,15,16). The van der Waals surface area contributed by atoms with E-state index in [1.54, 1.807) is 18.3 Å². The number of thioether (sulfide) groups is 1. The van der Waals surface area contributed by atoms with Gasteiger partial charge >= 0.3 is 0 Å². The highest BCUT2D eigenvalue weighted by Crippen LogP contribution is 2.26. The fraction of sp³-hybridized carbons (Fsp3) is 0.500. The van der Waals surface area contributed by atoms with E-state index in [9.17, 15) is 9.90 Å². The van der Waals surface area contributed by atoms with Crippen LogP contribution in [0, 0.1) is 0 Å². The molecule has 1 saturated heterocycles. The third kappa shape index (κ3) is 3.46. The van der Waals surface area contributed by atoms with E-state index in [0.717, 1.165) is 24.3 Å². The Labute approximate surface area is 119 Å². The largest absolute Gasteiger partial charge is 0.388 e. The number of halogens is 1. The van der Waals surface area contributed by atoms with Crippen LogP contribution in [0.3, 0.4) is 0 Å². The van der Waals surface area contributed by atoms with Gasteiger partial charge in [0.2, 0.25) is 0 Å². The summed E-state index contributed by atoms with van der Waals surface area (Å²) in [5, 5.41) is 13.1. The summed E-state index contributed by atoms with van der Waals surface area (Å²) in [5.41, 5.74) is -0.262. The van der Waals surface area contributed by atoms with E-state index in [4.69, 9.17) is 0 Å². The molecule has 1 aromatic rings. The highest BCUT2D eigenvalue weighted by Gasteiger charge is 2.30. The van der Waals surface area contributed by atoms with Crippen molar-refractivity contribution in [1.82, 2.24) is 10.3 Å². The van der Waals surface area contributed by atoms with E-state index in [-0.39, 0.29) is 5.91 Å². The van der Waals surface area contributed by atoms with Crippen molar-refractivity contribution in [3.63, 3.8) is 0 Å². The number of aromatic nitrogens is 1. The van der Waals surface area contributed by atoms with Gasteiger partial charge in [-0.1, -0.05) is 0 Å². The molecule has 0 aromatic carbocycles. The lowest BCUT2D eigenvalue weighted by atomic mass is 9.97. The van der Waals surface area contributed by atoms with Crippen LogP contribution >= 0.6 is 27.7 Å². The summed E-state index contributed by atoms with van der Waals surface area (Å²) in [7, 11) is 0. The molecule has 0 radical (unpaired) electrons. The lowest BCUT2D eigenvalue weighted by Gasteiger charge is -2.31. The number of rotatable bonds is 3. The monoisotopic (exact) mass is 330 g/mol. The van der Waals surface area contributed by atoms with Crippen molar-refractivity contribution in [2.75, 3.05) is 18.1 Å². The summed E-state index contributed by atoms with van der Waals surface area (Å²) in [6.07, 6.45) is 3.07. The minimum atomic E-state index is -0.754. The number of hydrogen-bond acceptors (Lipinski definition) is 4. The smallest absolute Gasteiger partial charge is 0.254 e. The second kappa shape index (κ2) is 6.04. The van der Waals surface area contributed by atoms with E-state index in [0.29, 0.717) is 16.7 Å². The van der Waals surface area contributed by atoms with Gasteiger partial charge < -0.3 is 10.4 Å². The predicted octanol–water partition coefficient (Wildman–Crippen LogP) is 1.83. The van der Waals surface area contributed by atoms with Gasteiger partial charge in [0.15, 0.2) is 0 Å². The first-order chi connectivity index (χ1) is 8.61. The number of pyridine rings is 1. The Kier molecular flexibility index (Phi) is 4.64. The highest BCUT2D eigenvalue weighted by atomic mass is 79.9. The van der Waals surface area contributed by atoms with Crippen LogP contribution in [0.5, 0.6) is 0 Å². The summed E-state index contributed by atoms with van der Waals surface area (Å²) in [5.74, 6) is 1.69. The van der Waals surface area contributed by atoms with Gasteiger partial charge in [-0.2, -0.15) is 11.8 Å². The summed E-state index contributed by atoms with van der Waals surface area (Å²) in [6.45, 7) is 0.299. The molecule has 0 saturated carbocycles. The Hall–Kier alpha value is -0.590. The lowest BCUT2D eigenvalue weighted by Crippen LogP contribution is -2.45. The Bertz CT molecular complexity index is 436. The van der Waals surface area contributed by atoms with Gasteiger partial charge in [0.25, 0.3) is 5.91 Å². The molecule has 1 fully saturated rings. The first-order valence-corrected chi connectivity index (χ1v) is 7.74. The molecule has 0 bridgehead atoms. The molecular weight excluding hydrogens is 316 g/mol. The van der Waals surface area contributed by atoms with Crippen LogP contribution in [0.25, 0.3) is 0 Å². The van der Waals surface area contributed by atoms with Crippen LogP contribution in [0.1, 0.15) is 23.2 Å². The number of carbonyl (C=O) groups is 1. The molecule has 2 N–H and O–H groups in total. The van der Waals surface area contributed by atoms with Crippen LogP contribution in [-0.2, 0) is 0 Å². The predicted molar refractivity (Wildman–Crippen MR) is 75.8 cm³/mol. The molecule has 2 rings (SSSR count). The van der Waals surface area contributed by atoms with E-state index < -0.39 is 5.60 Å². The number of amides is 1. The van der Waals surface area contributed by atoms with Crippen molar-refractivity contribution in [1.29, 1.82) is 0 Å². The van der Waals surface area contributed by atoms with Gasteiger partial charge in [0, 0.05) is 12.7 Å². The zero-order chi connectivity index (χ0) is 13.0. The Balaban J connectivity index is 1.94. The van der Waals surface area contributed by atoms with Crippen LogP contribution in [0.2, 0.25) is 0 Å². The quantitative estimate of drug-likeness (QED) is 0.830. The van der Waals surface area contributed by atoms with Crippen molar-refractivity contribution < 1.29 is 9.90 Å². The minimum absolute atomic E-state index is 0.207. The molecular formula is C12H15BrN2O2S. The van der Waals surface area contributed by atoms with E-state index in [1.807, 2.05) is 11.8 Å². The molecule has 18 heavy (non-hydrogen) atoms. The first-order valence-electron chi connectivity index (χ1n) is 5.80. The second-order valence-electron chi connectivity index (χ2n) is 4.36. The Morgan fingerprint density at radius 2 is 2.28 bits per heavy atom. The molecule has 6 heteroatoms. The molecule has 98 valence electrons. The molecule has 1 aromatic heterocycles. The normalized spacial score (nSPS) is 18.3. The molecule has 4 nitrogen and oxygen atoms in total. The van der Waals surface area contributed by atoms with Gasteiger partial charge in [-0.15, -0.1) is 0 Å². The second-order valence-corrected chi connectivity index (χ2v) is 6.34. The first kappa shape index (κ1) is 13.8. The van der Waals surface area contributed by atoms with Crippen molar-refractivity contribution >= 4 is 33.6 Å². The molecule has 1 aliphatic heterocycles. The molecule has 2 heterocycles. The van der Waals surface area contributed by atoms with E-state index in [2.05, 4.69) is 26.2 Å². The van der Waals surface area contributed by atoms with Crippen LogP contribution in [-0.4, -0.2) is 39.6 Å².